The first-order valence-corrected chi connectivity index (χ1v) is 11.5. The molecule has 1 aliphatic rings. The molecule has 1 fully saturated rings. The second kappa shape index (κ2) is 10.9. The van der Waals surface area contributed by atoms with E-state index in [4.69, 9.17) is 14.9 Å². The zero-order valence-corrected chi connectivity index (χ0v) is 19.4. The number of ether oxygens (including phenoxy) is 1. The maximum Gasteiger partial charge on any atom is 0.407 e. The fourth-order valence-corrected chi connectivity index (χ4v) is 4.09. The first-order chi connectivity index (χ1) is 16.9. The maximum absolute atomic E-state index is 13.1. The van der Waals surface area contributed by atoms with E-state index in [1.54, 1.807) is 18.3 Å². The molecule has 11 nitrogen and oxygen atoms in total. The van der Waals surface area contributed by atoms with E-state index in [9.17, 15) is 14.7 Å². The first kappa shape index (κ1) is 24.0. The van der Waals surface area contributed by atoms with E-state index in [1.807, 2.05) is 19.1 Å². The standard InChI is InChI=1S/C24H28N6O5/c1-15-6-4-10-26-17(15)14-27-22(31)19-20(25)28-21(18-8-5-12-34-18)29-23(19)35-13-9-16-7-2-3-11-30(16)24(32)33/h4-6,8,10,12,16H,2-3,7,9,11,13-14H2,1H3,(H,27,31)(H,32,33)(H2,25,28,29). The number of amides is 2. The molecule has 0 saturated carbocycles. The Morgan fingerprint density at radius 1 is 1.29 bits per heavy atom. The zero-order chi connectivity index (χ0) is 24.8. The van der Waals surface area contributed by atoms with Crippen LogP contribution in [0.1, 0.15) is 47.3 Å². The number of nitrogen functional groups attached to an aromatic ring is 1. The van der Waals surface area contributed by atoms with E-state index in [2.05, 4.69) is 20.3 Å². The van der Waals surface area contributed by atoms with Crippen molar-refractivity contribution in [2.75, 3.05) is 18.9 Å². The number of likely N-dealkylation sites (tertiary alicyclic amines) is 1. The highest BCUT2D eigenvalue weighted by atomic mass is 16.5. The largest absolute Gasteiger partial charge is 0.477 e. The first-order valence-electron chi connectivity index (χ1n) is 11.5. The van der Waals surface area contributed by atoms with Crippen LogP contribution in [0.15, 0.2) is 41.1 Å². The third-order valence-electron chi connectivity index (χ3n) is 5.97. The summed E-state index contributed by atoms with van der Waals surface area (Å²) in [6.45, 7) is 2.76. The normalized spacial score (nSPS) is 15.6. The topological polar surface area (TPSA) is 157 Å². The average molecular weight is 481 g/mol. The molecule has 4 N–H and O–H groups in total. The van der Waals surface area contributed by atoms with Crippen LogP contribution in [-0.2, 0) is 6.54 Å². The summed E-state index contributed by atoms with van der Waals surface area (Å²) in [5.74, 6) is 0.0167. The molecular weight excluding hydrogens is 452 g/mol. The monoisotopic (exact) mass is 480 g/mol. The second-order valence-corrected chi connectivity index (χ2v) is 8.30. The number of nitrogens with zero attached hydrogens (tertiary/aromatic N) is 4. The lowest BCUT2D eigenvalue weighted by Crippen LogP contribution is -2.43. The number of nitrogens with one attached hydrogen (secondary N) is 1. The third-order valence-corrected chi connectivity index (χ3v) is 5.97. The third kappa shape index (κ3) is 5.68. The van der Waals surface area contributed by atoms with Crippen molar-refractivity contribution < 1.29 is 23.8 Å². The molecule has 0 bridgehead atoms. The number of furan rings is 1. The van der Waals surface area contributed by atoms with E-state index in [0.717, 1.165) is 30.5 Å². The molecule has 0 radical (unpaired) electrons. The maximum atomic E-state index is 13.1. The molecule has 1 unspecified atom stereocenters. The van der Waals surface area contributed by atoms with Gasteiger partial charge in [-0.2, -0.15) is 4.98 Å². The van der Waals surface area contributed by atoms with Gasteiger partial charge in [0.2, 0.25) is 11.7 Å². The van der Waals surface area contributed by atoms with Crippen LogP contribution >= 0.6 is 0 Å². The SMILES string of the molecule is Cc1cccnc1CNC(=O)c1c(N)nc(-c2ccco2)nc1OCCC1CCCCN1C(=O)O. The van der Waals surface area contributed by atoms with Crippen LogP contribution in [0.25, 0.3) is 11.6 Å². The minimum atomic E-state index is -0.939. The lowest BCUT2D eigenvalue weighted by atomic mass is 10.0. The molecule has 0 aromatic carbocycles. The summed E-state index contributed by atoms with van der Waals surface area (Å²) in [5, 5.41) is 12.3. The van der Waals surface area contributed by atoms with Gasteiger partial charge in [-0.05, 0) is 49.9 Å². The smallest absolute Gasteiger partial charge is 0.407 e. The quantitative estimate of drug-likeness (QED) is 0.440. The Labute approximate surface area is 202 Å². The molecule has 2 amide bonds. The number of hydrogen-bond donors (Lipinski definition) is 3. The molecule has 11 heteroatoms. The molecular formula is C24H28N6O5. The van der Waals surface area contributed by atoms with Crippen molar-refractivity contribution in [1.29, 1.82) is 0 Å². The average Bonchev–Trinajstić information content (AvgIpc) is 3.38. The van der Waals surface area contributed by atoms with Gasteiger partial charge in [-0.25, -0.2) is 9.78 Å². The molecule has 184 valence electrons. The summed E-state index contributed by atoms with van der Waals surface area (Å²) >= 11 is 0. The van der Waals surface area contributed by atoms with Crippen LogP contribution in [-0.4, -0.2) is 56.2 Å². The molecule has 0 aliphatic carbocycles. The summed E-state index contributed by atoms with van der Waals surface area (Å²) in [6, 6.07) is 6.94. The van der Waals surface area contributed by atoms with Crippen LogP contribution < -0.4 is 15.8 Å². The van der Waals surface area contributed by atoms with Crippen molar-refractivity contribution in [3.8, 4) is 17.5 Å². The van der Waals surface area contributed by atoms with Crippen molar-refractivity contribution in [1.82, 2.24) is 25.2 Å². The lowest BCUT2D eigenvalue weighted by molar-refractivity contribution is 0.0937. The van der Waals surface area contributed by atoms with E-state index < -0.39 is 12.0 Å². The van der Waals surface area contributed by atoms with Gasteiger partial charge in [0.25, 0.3) is 5.91 Å². The van der Waals surface area contributed by atoms with Crippen molar-refractivity contribution in [3.63, 3.8) is 0 Å². The van der Waals surface area contributed by atoms with Gasteiger partial charge < -0.3 is 30.2 Å². The van der Waals surface area contributed by atoms with Gasteiger partial charge in [0.1, 0.15) is 11.4 Å². The van der Waals surface area contributed by atoms with Crippen LogP contribution in [0.4, 0.5) is 10.6 Å². The minimum absolute atomic E-state index is 0.00706. The number of carbonyl (C=O) groups excluding carboxylic acids is 1. The number of aromatic nitrogens is 3. The van der Waals surface area contributed by atoms with E-state index in [-0.39, 0.29) is 42.3 Å². The number of carbonyl (C=O) groups is 2. The number of nitrogens with two attached hydrogens (primary N) is 1. The number of rotatable bonds is 8. The fourth-order valence-electron chi connectivity index (χ4n) is 4.09. The summed E-state index contributed by atoms with van der Waals surface area (Å²) in [6.07, 6.45) is 5.22. The van der Waals surface area contributed by atoms with Crippen molar-refractivity contribution in [3.05, 3.63) is 53.5 Å². The Hall–Kier alpha value is -4.15. The van der Waals surface area contributed by atoms with Gasteiger partial charge in [0.05, 0.1) is 25.1 Å². The fraction of sp³-hybridized carbons (Fsp3) is 0.375. The Kier molecular flexibility index (Phi) is 7.44. The van der Waals surface area contributed by atoms with Gasteiger partial charge in [-0.15, -0.1) is 0 Å². The Morgan fingerprint density at radius 3 is 2.89 bits per heavy atom. The Balaban J connectivity index is 1.54. The summed E-state index contributed by atoms with van der Waals surface area (Å²) in [4.78, 5) is 39.0. The number of aryl methyl sites for hydroxylation is 1. The molecule has 0 spiro atoms. The number of carboxylic acid groups (broad SMARTS) is 1. The highest BCUT2D eigenvalue weighted by molar-refractivity contribution is 6.00. The predicted molar refractivity (Wildman–Crippen MR) is 127 cm³/mol. The number of pyridine rings is 1. The van der Waals surface area contributed by atoms with Gasteiger partial charge in [0, 0.05) is 25.2 Å². The van der Waals surface area contributed by atoms with E-state index in [1.165, 1.54) is 11.2 Å². The Bertz CT molecular complexity index is 1180. The van der Waals surface area contributed by atoms with E-state index >= 15 is 0 Å². The van der Waals surface area contributed by atoms with Crippen LogP contribution in [0, 0.1) is 6.92 Å². The zero-order valence-electron chi connectivity index (χ0n) is 19.4. The highest BCUT2D eigenvalue weighted by Gasteiger charge is 2.27. The van der Waals surface area contributed by atoms with Crippen molar-refractivity contribution in [2.45, 2.75) is 45.2 Å². The molecule has 1 atom stereocenters. The molecule has 4 heterocycles. The molecule has 1 saturated heterocycles. The minimum Gasteiger partial charge on any atom is -0.477 e. The number of hydrogen-bond acceptors (Lipinski definition) is 8. The van der Waals surface area contributed by atoms with Crippen molar-refractivity contribution in [2.24, 2.45) is 0 Å². The predicted octanol–water partition coefficient (Wildman–Crippen LogP) is 3.25. The van der Waals surface area contributed by atoms with Gasteiger partial charge in [0.15, 0.2) is 5.76 Å². The molecule has 4 rings (SSSR count). The number of piperidine rings is 1. The van der Waals surface area contributed by atoms with Crippen LogP contribution in [0.2, 0.25) is 0 Å². The molecule has 35 heavy (non-hydrogen) atoms. The second-order valence-electron chi connectivity index (χ2n) is 8.30. The van der Waals surface area contributed by atoms with Gasteiger partial charge >= 0.3 is 6.09 Å². The lowest BCUT2D eigenvalue weighted by Gasteiger charge is -2.33. The highest BCUT2D eigenvalue weighted by Crippen LogP contribution is 2.27. The van der Waals surface area contributed by atoms with Gasteiger partial charge in [-0.1, -0.05) is 6.07 Å². The Morgan fingerprint density at radius 2 is 2.14 bits per heavy atom. The summed E-state index contributed by atoms with van der Waals surface area (Å²) in [7, 11) is 0. The summed E-state index contributed by atoms with van der Waals surface area (Å²) < 4.78 is 11.3. The molecule has 3 aromatic rings. The summed E-state index contributed by atoms with van der Waals surface area (Å²) in [5.41, 5.74) is 7.84. The number of anilines is 1. The van der Waals surface area contributed by atoms with Crippen molar-refractivity contribution >= 4 is 17.8 Å². The molecule has 3 aromatic heterocycles. The van der Waals surface area contributed by atoms with Crippen LogP contribution in [0.3, 0.4) is 0 Å². The van der Waals surface area contributed by atoms with Crippen LogP contribution in [0.5, 0.6) is 5.88 Å². The van der Waals surface area contributed by atoms with E-state index in [0.29, 0.717) is 18.7 Å². The van der Waals surface area contributed by atoms with Gasteiger partial charge in [-0.3, -0.25) is 9.78 Å². The molecule has 1 aliphatic heterocycles.